The lowest BCUT2D eigenvalue weighted by molar-refractivity contribution is 0.601. The first-order valence-electron chi connectivity index (χ1n) is 8.55. The Hall–Kier alpha value is -3.26. The van der Waals surface area contributed by atoms with Crippen LogP contribution in [0.5, 0.6) is 0 Å². The average Bonchev–Trinajstić information content (AvgIpc) is 3.05. The first-order chi connectivity index (χ1) is 13.3. The van der Waals surface area contributed by atoms with E-state index in [1.807, 2.05) is 6.92 Å². The van der Waals surface area contributed by atoms with Crippen LogP contribution in [0.3, 0.4) is 0 Å². The Morgan fingerprint density at radius 1 is 0.893 bits per heavy atom. The maximum atomic E-state index is 13.1. The van der Waals surface area contributed by atoms with Crippen LogP contribution in [0.1, 0.15) is 11.1 Å². The Bertz CT molecular complexity index is 1260. The second-order valence-electron chi connectivity index (χ2n) is 6.54. The molecule has 0 fully saturated rings. The number of nitrogens with one attached hydrogen (secondary N) is 1. The van der Waals surface area contributed by atoms with Crippen LogP contribution in [0.15, 0.2) is 65.6 Å². The normalized spacial score (nSPS) is 11.7. The van der Waals surface area contributed by atoms with Crippen LogP contribution in [0.4, 0.5) is 10.1 Å². The molecule has 0 amide bonds. The summed E-state index contributed by atoms with van der Waals surface area (Å²) in [7, 11) is -3.72. The molecule has 1 aromatic heterocycles. The quantitative estimate of drug-likeness (QED) is 0.566. The van der Waals surface area contributed by atoms with E-state index >= 15 is 0 Å². The number of sulfonamides is 1. The van der Waals surface area contributed by atoms with Crippen LogP contribution >= 0.6 is 0 Å². The van der Waals surface area contributed by atoms with Crippen LogP contribution in [0.25, 0.3) is 16.7 Å². The van der Waals surface area contributed by atoms with Crippen molar-refractivity contribution in [2.45, 2.75) is 18.7 Å². The molecule has 4 aromatic rings. The maximum Gasteiger partial charge on any atom is 0.261 e. The van der Waals surface area contributed by atoms with E-state index in [4.69, 9.17) is 0 Å². The molecule has 8 heteroatoms. The number of aromatic nitrogens is 3. The molecule has 0 saturated carbocycles. The highest BCUT2D eigenvalue weighted by atomic mass is 32.2. The number of aryl methyl sites for hydroxylation is 2. The molecule has 0 bridgehead atoms. The highest BCUT2D eigenvalue weighted by Gasteiger charge is 2.17. The zero-order chi connectivity index (χ0) is 19.9. The van der Waals surface area contributed by atoms with Gasteiger partial charge in [0, 0.05) is 0 Å². The third-order valence-electron chi connectivity index (χ3n) is 4.36. The monoisotopic (exact) mass is 396 g/mol. The summed E-state index contributed by atoms with van der Waals surface area (Å²) in [5.41, 5.74) is 3.87. The van der Waals surface area contributed by atoms with Gasteiger partial charge in [0.05, 0.1) is 16.3 Å². The second kappa shape index (κ2) is 6.72. The first kappa shape index (κ1) is 18.1. The molecule has 0 radical (unpaired) electrons. The third-order valence-corrected chi connectivity index (χ3v) is 5.74. The lowest BCUT2D eigenvalue weighted by Crippen LogP contribution is -2.13. The fourth-order valence-corrected chi connectivity index (χ4v) is 3.91. The van der Waals surface area contributed by atoms with Gasteiger partial charge in [-0.05, 0) is 67.9 Å². The summed E-state index contributed by atoms with van der Waals surface area (Å²) < 4.78 is 41.1. The Labute approximate surface area is 161 Å². The SMILES string of the molecule is Cc1ccc(S(=O)(=O)Nc2cc3nn(-c4ccc(F)cc4)nc3cc2C)cc1. The van der Waals surface area contributed by atoms with Gasteiger partial charge in [-0.3, -0.25) is 4.72 Å². The standard InChI is InChI=1S/C20H17FN4O2S/c1-13-3-9-17(10-4-13)28(26,27)24-18-12-20-19(11-14(18)2)22-25(23-20)16-7-5-15(21)6-8-16/h3-12,24H,1-2H3. The molecule has 0 aliphatic rings. The molecule has 142 valence electrons. The molecule has 0 atom stereocenters. The number of hydrogen-bond acceptors (Lipinski definition) is 4. The molecule has 1 N–H and O–H groups in total. The lowest BCUT2D eigenvalue weighted by atomic mass is 10.2. The van der Waals surface area contributed by atoms with Crippen molar-refractivity contribution in [2.24, 2.45) is 0 Å². The van der Waals surface area contributed by atoms with Gasteiger partial charge in [-0.25, -0.2) is 12.8 Å². The summed E-state index contributed by atoms with van der Waals surface area (Å²) in [4.78, 5) is 1.58. The number of nitrogens with zero attached hydrogens (tertiary/aromatic N) is 3. The summed E-state index contributed by atoms with van der Waals surface area (Å²) in [6, 6.07) is 15.8. The van der Waals surface area contributed by atoms with Gasteiger partial charge in [0.1, 0.15) is 16.9 Å². The van der Waals surface area contributed by atoms with E-state index in [2.05, 4.69) is 14.9 Å². The van der Waals surface area contributed by atoms with Crippen LogP contribution in [-0.2, 0) is 10.0 Å². The molecule has 28 heavy (non-hydrogen) atoms. The molecule has 3 aromatic carbocycles. The van der Waals surface area contributed by atoms with Gasteiger partial charge in [0.15, 0.2) is 0 Å². The van der Waals surface area contributed by atoms with Gasteiger partial charge in [-0.2, -0.15) is 4.80 Å². The molecule has 1 heterocycles. The summed E-state index contributed by atoms with van der Waals surface area (Å²) >= 11 is 0. The number of hydrogen-bond donors (Lipinski definition) is 1. The van der Waals surface area contributed by atoms with Crippen LogP contribution in [-0.4, -0.2) is 23.4 Å². The van der Waals surface area contributed by atoms with Gasteiger partial charge in [-0.1, -0.05) is 17.7 Å². The Morgan fingerprint density at radius 3 is 2.14 bits per heavy atom. The Balaban J connectivity index is 1.71. The van der Waals surface area contributed by atoms with Gasteiger partial charge in [-0.15, -0.1) is 10.2 Å². The maximum absolute atomic E-state index is 13.1. The predicted octanol–water partition coefficient (Wildman–Crippen LogP) is 3.98. The number of fused-ring (bicyclic) bond motifs is 1. The van der Waals surface area contributed by atoms with Crippen molar-refractivity contribution in [1.82, 2.24) is 15.0 Å². The number of anilines is 1. The van der Waals surface area contributed by atoms with E-state index in [-0.39, 0.29) is 10.7 Å². The predicted molar refractivity (Wildman–Crippen MR) is 106 cm³/mol. The topological polar surface area (TPSA) is 76.9 Å². The van der Waals surface area contributed by atoms with Crippen molar-refractivity contribution in [3.63, 3.8) is 0 Å². The van der Waals surface area contributed by atoms with Crippen LogP contribution in [0.2, 0.25) is 0 Å². The van der Waals surface area contributed by atoms with E-state index in [1.165, 1.54) is 16.9 Å². The van der Waals surface area contributed by atoms with Crippen molar-refractivity contribution in [2.75, 3.05) is 4.72 Å². The highest BCUT2D eigenvalue weighted by molar-refractivity contribution is 7.92. The highest BCUT2D eigenvalue weighted by Crippen LogP contribution is 2.25. The van der Waals surface area contributed by atoms with E-state index in [0.29, 0.717) is 28.0 Å². The van der Waals surface area contributed by atoms with E-state index < -0.39 is 10.0 Å². The summed E-state index contributed by atoms with van der Waals surface area (Å²) in [6.07, 6.45) is 0. The lowest BCUT2D eigenvalue weighted by Gasteiger charge is -2.10. The van der Waals surface area contributed by atoms with Crippen molar-refractivity contribution in [3.05, 3.63) is 77.6 Å². The van der Waals surface area contributed by atoms with Crippen molar-refractivity contribution in [3.8, 4) is 5.69 Å². The molecular formula is C20H17FN4O2S. The fourth-order valence-electron chi connectivity index (χ4n) is 2.79. The first-order valence-corrected chi connectivity index (χ1v) is 10.0. The summed E-state index contributed by atoms with van der Waals surface area (Å²) in [6.45, 7) is 3.69. The van der Waals surface area contributed by atoms with Crippen LogP contribution < -0.4 is 4.72 Å². The fraction of sp³-hybridized carbons (Fsp3) is 0.100. The zero-order valence-electron chi connectivity index (χ0n) is 15.2. The van der Waals surface area contributed by atoms with Crippen molar-refractivity contribution in [1.29, 1.82) is 0 Å². The molecule has 4 rings (SSSR count). The van der Waals surface area contributed by atoms with Gasteiger partial charge < -0.3 is 0 Å². The Morgan fingerprint density at radius 2 is 1.50 bits per heavy atom. The number of halogens is 1. The molecule has 0 aliphatic carbocycles. The zero-order valence-corrected chi connectivity index (χ0v) is 16.0. The van der Waals surface area contributed by atoms with Crippen LogP contribution in [0, 0.1) is 19.7 Å². The molecule has 6 nitrogen and oxygen atoms in total. The third kappa shape index (κ3) is 3.46. The van der Waals surface area contributed by atoms with Gasteiger partial charge >= 0.3 is 0 Å². The number of benzene rings is 3. The van der Waals surface area contributed by atoms with Gasteiger partial charge in [0.25, 0.3) is 10.0 Å². The molecule has 0 saturated heterocycles. The molecule has 0 aliphatic heterocycles. The van der Waals surface area contributed by atoms with Gasteiger partial charge in [0.2, 0.25) is 0 Å². The van der Waals surface area contributed by atoms with Crippen molar-refractivity contribution >= 4 is 26.7 Å². The summed E-state index contributed by atoms with van der Waals surface area (Å²) in [5, 5.41) is 8.76. The molecular weight excluding hydrogens is 379 g/mol. The smallest absolute Gasteiger partial charge is 0.261 e. The molecule has 0 unspecified atom stereocenters. The largest absolute Gasteiger partial charge is 0.279 e. The minimum absolute atomic E-state index is 0.188. The number of rotatable bonds is 4. The van der Waals surface area contributed by atoms with E-state index in [1.54, 1.807) is 55.5 Å². The minimum Gasteiger partial charge on any atom is -0.279 e. The Kier molecular flexibility index (Phi) is 4.35. The minimum atomic E-state index is -3.72. The van der Waals surface area contributed by atoms with E-state index in [9.17, 15) is 12.8 Å². The summed E-state index contributed by atoms with van der Waals surface area (Å²) in [5.74, 6) is -0.343. The molecule has 0 spiro atoms. The average molecular weight is 396 g/mol. The second-order valence-corrected chi connectivity index (χ2v) is 8.22. The van der Waals surface area contributed by atoms with E-state index in [0.717, 1.165) is 5.56 Å². The van der Waals surface area contributed by atoms with Crippen molar-refractivity contribution < 1.29 is 12.8 Å².